The zero-order valence-corrected chi connectivity index (χ0v) is 12.5. The first-order valence-electron chi connectivity index (χ1n) is 4.90. The Bertz CT molecular complexity index is 707. The Morgan fingerprint density at radius 1 is 1.58 bits per heavy atom. The van der Waals surface area contributed by atoms with Gasteiger partial charge in [-0.1, -0.05) is 0 Å². The number of nitrogens with one attached hydrogen (secondary N) is 2. The highest BCUT2D eigenvalue weighted by molar-refractivity contribution is 9.10. The molecule has 0 saturated heterocycles. The number of H-pyrrole nitrogens is 1. The maximum Gasteiger partial charge on any atom is 0.340 e. The Morgan fingerprint density at radius 2 is 2.32 bits per heavy atom. The van der Waals surface area contributed by atoms with Crippen molar-refractivity contribution in [1.29, 1.82) is 0 Å². The van der Waals surface area contributed by atoms with Crippen molar-refractivity contribution in [3.05, 3.63) is 32.6 Å². The standard InChI is InChI=1S/C9H8BrN3O4S2/c10-6-1-2-18-7(6)4-12-19(16,17)8-5(9(14)15)3-11-13-8/h1-3,12H,4H2,(H,11,13)(H,14,15). The highest BCUT2D eigenvalue weighted by Crippen LogP contribution is 2.23. The maximum absolute atomic E-state index is 12.0. The summed E-state index contributed by atoms with van der Waals surface area (Å²) in [5, 5.41) is 15.8. The van der Waals surface area contributed by atoms with Crippen LogP contribution < -0.4 is 4.72 Å². The summed E-state index contributed by atoms with van der Waals surface area (Å²) < 4.78 is 27.1. The van der Waals surface area contributed by atoms with Crippen LogP contribution in [0.4, 0.5) is 0 Å². The van der Waals surface area contributed by atoms with Gasteiger partial charge in [0.05, 0.1) is 6.20 Å². The molecular formula is C9H8BrN3O4S2. The SMILES string of the molecule is O=C(O)c1cn[nH]c1S(=O)(=O)NCc1sccc1Br. The number of carbonyl (C=O) groups is 1. The number of aromatic nitrogens is 2. The number of rotatable bonds is 5. The Balaban J connectivity index is 2.21. The van der Waals surface area contributed by atoms with E-state index in [9.17, 15) is 13.2 Å². The van der Waals surface area contributed by atoms with Crippen LogP contribution in [0, 0.1) is 0 Å². The molecule has 2 rings (SSSR count). The summed E-state index contributed by atoms with van der Waals surface area (Å²) in [6.45, 7) is 0.0681. The van der Waals surface area contributed by atoms with Crippen molar-refractivity contribution in [2.45, 2.75) is 11.6 Å². The molecule has 0 aliphatic heterocycles. The minimum absolute atomic E-state index is 0.0681. The molecule has 2 aromatic rings. The highest BCUT2D eigenvalue weighted by Gasteiger charge is 2.24. The zero-order valence-electron chi connectivity index (χ0n) is 9.25. The number of thiophene rings is 1. The first-order valence-corrected chi connectivity index (χ1v) is 8.05. The smallest absolute Gasteiger partial charge is 0.340 e. The molecule has 0 bridgehead atoms. The van der Waals surface area contributed by atoms with Crippen LogP contribution in [0.5, 0.6) is 0 Å². The Kier molecular flexibility index (Phi) is 4.04. The van der Waals surface area contributed by atoms with Crippen LogP contribution in [0.1, 0.15) is 15.2 Å². The molecule has 19 heavy (non-hydrogen) atoms. The number of nitrogens with zero attached hydrogens (tertiary/aromatic N) is 1. The van der Waals surface area contributed by atoms with Crippen molar-refractivity contribution < 1.29 is 18.3 Å². The average Bonchev–Trinajstić information content (AvgIpc) is 2.95. The van der Waals surface area contributed by atoms with Gasteiger partial charge in [-0.05, 0) is 27.4 Å². The van der Waals surface area contributed by atoms with Crippen LogP contribution in [0.3, 0.4) is 0 Å². The third kappa shape index (κ3) is 3.03. The summed E-state index contributed by atoms with van der Waals surface area (Å²) in [7, 11) is -3.95. The second-order valence-electron chi connectivity index (χ2n) is 3.43. The first kappa shape index (κ1) is 14.2. The number of carboxylic acids is 1. The van der Waals surface area contributed by atoms with Crippen molar-refractivity contribution >= 4 is 43.3 Å². The van der Waals surface area contributed by atoms with Gasteiger partial charge in [0.15, 0.2) is 5.03 Å². The van der Waals surface area contributed by atoms with E-state index in [1.54, 1.807) is 6.07 Å². The van der Waals surface area contributed by atoms with E-state index in [1.165, 1.54) is 11.3 Å². The molecule has 7 nitrogen and oxygen atoms in total. The molecule has 0 aliphatic rings. The van der Waals surface area contributed by atoms with Gasteiger partial charge in [0.25, 0.3) is 10.0 Å². The molecule has 102 valence electrons. The van der Waals surface area contributed by atoms with Gasteiger partial charge in [-0.25, -0.2) is 17.9 Å². The van der Waals surface area contributed by atoms with E-state index in [0.29, 0.717) is 0 Å². The molecule has 0 amide bonds. The summed E-state index contributed by atoms with van der Waals surface area (Å²) in [5.74, 6) is -1.36. The fourth-order valence-corrected chi connectivity index (χ4v) is 3.92. The summed E-state index contributed by atoms with van der Waals surface area (Å²) >= 11 is 4.66. The van der Waals surface area contributed by atoms with Gasteiger partial charge in [-0.3, -0.25) is 5.10 Å². The van der Waals surface area contributed by atoms with Gasteiger partial charge in [0.1, 0.15) is 5.56 Å². The zero-order chi connectivity index (χ0) is 14.0. The fourth-order valence-electron chi connectivity index (χ4n) is 1.32. The lowest BCUT2D eigenvalue weighted by Gasteiger charge is -2.04. The molecule has 0 radical (unpaired) electrons. The van der Waals surface area contributed by atoms with Gasteiger partial charge in [-0.15, -0.1) is 11.3 Å². The molecule has 10 heteroatoms. The quantitative estimate of drug-likeness (QED) is 0.741. The number of aromatic carboxylic acids is 1. The average molecular weight is 366 g/mol. The van der Waals surface area contributed by atoms with Crippen molar-refractivity contribution in [1.82, 2.24) is 14.9 Å². The van der Waals surface area contributed by atoms with E-state index < -0.39 is 26.6 Å². The van der Waals surface area contributed by atoms with E-state index in [4.69, 9.17) is 5.11 Å². The van der Waals surface area contributed by atoms with Crippen LogP contribution in [-0.2, 0) is 16.6 Å². The Labute approximate surface area is 120 Å². The number of hydrogen-bond donors (Lipinski definition) is 3. The predicted octanol–water partition coefficient (Wildman–Crippen LogP) is 1.41. The lowest BCUT2D eigenvalue weighted by Crippen LogP contribution is -2.25. The number of aromatic amines is 1. The normalized spacial score (nSPS) is 11.6. The summed E-state index contributed by atoms with van der Waals surface area (Å²) in [6.07, 6.45) is 0.956. The Morgan fingerprint density at radius 3 is 2.89 bits per heavy atom. The summed E-state index contributed by atoms with van der Waals surface area (Å²) in [5.41, 5.74) is -0.391. The second kappa shape index (κ2) is 5.41. The molecule has 2 aromatic heterocycles. The predicted molar refractivity (Wildman–Crippen MR) is 71.6 cm³/mol. The summed E-state index contributed by atoms with van der Waals surface area (Å²) in [6, 6.07) is 1.80. The van der Waals surface area contributed by atoms with Gasteiger partial charge < -0.3 is 5.11 Å². The van der Waals surface area contributed by atoms with Crippen LogP contribution in [0.15, 0.2) is 27.1 Å². The maximum atomic E-state index is 12.0. The van der Waals surface area contributed by atoms with Crippen molar-refractivity contribution in [3.8, 4) is 0 Å². The van der Waals surface area contributed by atoms with Crippen LogP contribution in [-0.4, -0.2) is 29.7 Å². The molecule has 0 fully saturated rings. The van der Waals surface area contributed by atoms with Crippen molar-refractivity contribution in [3.63, 3.8) is 0 Å². The second-order valence-corrected chi connectivity index (χ2v) is 6.99. The van der Waals surface area contributed by atoms with Crippen molar-refractivity contribution in [2.75, 3.05) is 0 Å². The molecule has 0 unspecified atom stereocenters. The number of hydrogen-bond acceptors (Lipinski definition) is 5. The fraction of sp³-hybridized carbons (Fsp3) is 0.111. The van der Waals surface area contributed by atoms with E-state index in [2.05, 4.69) is 30.8 Å². The van der Waals surface area contributed by atoms with E-state index >= 15 is 0 Å². The third-order valence-electron chi connectivity index (χ3n) is 2.22. The van der Waals surface area contributed by atoms with Gasteiger partial charge in [0.2, 0.25) is 0 Å². The lowest BCUT2D eigenvalue weighted by molar-refractivity contribution is 0.0692. The molecule has 2 heterocycles. The third-order valence-corrected chi connectivity index (χ3v) is 5.52. The van der Waals surface area contributed by atoms with Crippen LogP contribution in [0.2, 0.25) is 0 Å². The topological polar surface area (TPSA) is 112 Å². The molecule has 3 N–H and O–H groups in total. The summed E-state index contributed by atoms with van der Waals surface area (Å²) in [4.78, 5) is 11.7. The molecule has 0 aliphatic carbocycles. The molecular weight excluding hydrogens is 358 g/mol. The van der Waals surface area contributed by atoms with Crippen LogP contribution in [0.25, 0.3) is 0 Å². The molecule has 0 aromatic carbocycles. The minimum Gasteiger partial charge on any atom is -0.478 e. The van der Waals surface area contributed by atoms with Gasteiger partial charge >= 0.3 is 5.97 Å². The Hall–Kier alpha value is -1.23. The number of sulfonamides is 1. The molecule has 0 spiro atoms. The highest BCUT2D eigenvalue weighted by atomic mass is 79.9. The lowest BCUT2D eigenvalue weighted by atomic mass is 10.4. The largest absolute Gasteiger partial charge is 0.478 e. The van der Waals surface area contributed by atoms with Gasteiger partial charge in [0, 0.05) is 15.9 Å². The number of halogens is 1. The van der Waals surface area contributed by atoms with E-state index in [1.807, 2.05) is 5.38 Å². The molecule has 0 atom stereocenters. The minimum atomic E-state index is -3.95. The van der Waals surface area contributed by atoms with Crippen molar-refractivity contribution in [2.24, 2.45) is 0 Å². The monoisotopic (exact) mass is 365 g/mol. The van der Waals surface area contributed by atoms with E-state index in [-0.39, 0.29) is 6.54 Å². The van der Waals surface area contributed by atoms with Gasteiger partial charge in [-0.2, -0.15) is 5.10 Å². The molecule has 0 saturated carbocycles. The first-order chi connectivity index (χ1) is 8.92. The van der Waals surface area contributed by atoms with E-state index in [0.717, 1.165) is 15.5 Å². The van der Waals surface area contributed by atoms with Crippen LogP contribution >= 0.6 is 27.3 Å². The number of carboxylic acid groups (broad SMARTS) is 1.